The Balaban J connectivity index is 2.31. The molecular weight excluding hydrogens is 224 g/mol. The van der Waals surface area contributed by atoms with Gasteiger partial charge in [0, 0.05) is 13.5 Å². The number of hydrogen-bond acceptors (Lipinski definition) is 4. The van der Waals surface area contributed by atoms with E-state index in [1.807, 2.05) is 0 Å². The number of hydrogen-bond donors (Lipinski definition) is 1. The SMILES string of the molecule is COC(C(=O)O)c1ccc2c(c1)OCCCO2. The molecule has 92 valence electrons. The van der Waals surface area contributed by atoms with E-state index in [0.29, 0.717) is 30.3 Å². The maximum absolute atomic E-state index is 11.0. The summed E-state index contributed by atoms with van der Waals surface area (Å²) in [6.45, 7) is 1.18. The van der Waals surface area contributed by atoms with Gasteiger partial charge in [0.25, 0.3) is 0 Å². The lowest BCUT2D eigenvalue weighted by molar-refractivity contribution is -0.148. The fraction of sp³-hybridized carbons (Fsp3) is 0.417. The summed E-state index contributed by atoms with van der Waals surface area (Å²) in [7, 11) is 1.36. The van der Waals surface area contributed by atoms with E-state index in [2.05, 4.69) is 0 Å². The highest BCUT2D eigenvalue weighted by Gasteiger charge is 2.21. The van der Waals surface area contributed by atoms with Gasteiger partial charge in [-0.15, -0.1) is 0 Å². The molecular formula is C12H14O5. The molecule has 5 heteroatoms. The number of rotatable bonds is 3. The highest BCUT2D eigenvalue weighted by molar-refractivity contribution is 5.74. The van der Waals surface area contributed by atoms with Crippen LogP contribution in [-0.4, -0.2) is 31.4 Å². The van der Waals surface area contributed by atoms with Gasteiger partial charge >= 0.3 is 5.97 Å². The second kappa shape index (κ2) is 5.05. The highest BCUT2D eigenvalue weighted by atomic mass is 16.5. The average molecular weight is 238 g/mol. The number of carboxylic acids is 1. The van der Waals surface area contributed by atoms with E-state index in [-0.39, 0.29) is 0 Å². The first-order chi connectivity index (χ1) is 8.22. The smallest absolute Gasteiger partial charge is 0.337 e. The second-order valence-electron chi connectivity index (χ2n) is 3.71. The van der Waals surface area contributed by atoms with E-state index >= 15 is 0 Å². The minimum atomic E-state index is -1.03. The van der Waals surface area contributed by atoms with Crippen molar-refractivity contribution in [2.75, 3.05) is 20.3 Å². The van der Waals surface area contributed by atoms with Crippen LogP contribution in [0.25, 0.3) is 0 Å². The molecule has 1 unspecified atom stereocenters. The first-order valence-corrected chi connectivity index (χ1v) is 5.37. The van der Waals surface area contributed by atoms with Gasteiger partial charge in [0.1, 0.15) is 0 Å². The van der Waals surface area contributed by atoms with Crippen LogP contribution in [0, 0.1) is 0 Å². The topological polar surface area (TPSA) is 65.0 Å². The number of fused-ring (bicyclic) bond motifs is 1. The van der Waals surface area contributed by atoms with Crippen LogP contribution in [-0.2, 0) is 9.53 Å². The predicted molar refractivity (Wildman–Crippen MR) is 59.4 cm³/mol. The molecule has 1 atom stereocenters. The molecule has 0 amide bonds. The van der Waals surface area contributed by atoms with Gasteiger partial charge < -0.3 is 19.3 Å². The normalized spacial score (nSPS) is 16.1. The molecule has 0 aliphatic carbocycles. The molecule has 0 radical (unpaired) electrons. The Labute approximate surface area is 98.9 Å². The third-order valence-corrected chi connectivity index (χ3v) is 2.53. The number of carbonyl (C=O) groups is 1. The molecule has 2 rings (SSSR count). The third-order valence-electron chi connectivity index (χ3n) is 2.53. The molecule has 0 aromatic heterocycles. The Morgan fingerprint density at radius 2 is 2.06 bits per heavy atom. The second-order valence-corrected chi connectivity index (χ2v) is 3.71. The molecule has 1 aromatic rings. The van der Waals surface area contributed by atoms with E-state index < -0.39 is 12.1 Å². The van der Waals surface area contributed by atoms with Gasteiger partial charge in [0.15, 0.2) is 17.6 Å². The van der Waals surface area contributed by atoms with Crippen molar-refractivity contribution >= 4 is 5.97 Å². The van der Waals surface area contributed by atoms with Crippen LogP contribution in [0.2, 0.25) is 0 Å². The summed E-state index contributed by atoms with van der Waals surface area (Å²) in [6.07, 6.45) is -0.163. The largest absolute Gasteiger partial charge is 0.490 e. The molecule has 0 fully saturated rings. The molecule has 1 heterocycles. The Hall–Kier alpha value is -1.75. The van der Waals surface area contributed by atoms with Gasteiger partial charge in [-0.25, -0.2) is 4.79 Å². The zero-order valence-corrected chi connectivity index (χ0v) is 9.51. The first-order valence-electron chi connectivity index (χ1n) is 5.37. The Morgan fingerprint density at radius 1 is 1.35 bits per heavy atom. The van der Waals surface area contributed by atoms with Crippen LogP contribution < -0.4 is 9.47 Å². The summed E-state index contributed by atoms with van der Waals surface area (Å²) in [5.74, 6) is 0.191. The lowest BCUT2D eigenvalue weighted by Gasteiger charge is -2.13. The van der Waals surface area contributed by atoms with Crippen molar-refractivity contribution in [3.8, 4) is 11.5 Å². The maximum atomic E-state index is 11.0. The van der Waals surface area contributed by atoms with Crippen LogP contribution in [0.5, 0.6) is 11.5 Å². The molecule has 1 N–H and O–H groups in total. The summed E-state index contributed by atoms with van der Waals surface area (Å²) in [4.78, 5) is 11.0. The van der Waals surface area contributed by atoms with Crippen LogP contribution in [0.3, 0.4) is 0 Å². The van der Waals surface area contributed by atoms with Crippen molar-refractivity contribution in [1.29, 1.82) is 0 Å². The van der Waals surface area contributed by atoms with Gasteiger partial charge in [-0.05, 0) is 17.7 Å². The van der Waals surface area contributed by atoms with Gasteiger partial charge in [-0.1, -0.05) is 6.07 Å². The lowest BCUT2D eigenvalue weighted by atomic mass is 10.1. The van der Waals surface area contributed by atoms with E-state index in [0.717, 1.165) is 6.42 Å². The van der Waals surface area contributed by atoms with E-state index in [1.54, 1.807) is 18.2 Å². The van der Waals surface area contributed by atoms with Crippen molar-refractivity contribution in [3.05, 3.63) is 23.8 Å². The number of ether oxygens (including phenoxy) is 3. The Bertz CT molecular complexity index is 415. The van der Waals surface area contributed by atoms with Crippen molar-refractivity contribution in [1.82, 2.24) is 0 Å². The van der Waals surface area contributed by atoms with Gasteiger partial charge in [0.05, 0.1) is 13.2 Å². The summed E-state index contributed by atoms with van der Waals surface area (Å²) in [5.41, 5.74) is 0.546. The molecule has 1 aliphatic rings. The van der Waals surface area contributed by atoms with Gasteiger partial charge in [-0.2, -0.15) is 0 Å². The van der Waals surface area contributed by atoms with Crippen molar-refractivity contribution in [2.45, 2.75) is 12.5 Å². The summed E-state index contributed by atoms with van der Waals surface area (Å²) in [5, 5.41) is 8.99. The quantitative estimate of drug-likeness (QED) is 0.866. The van der Waals surface area contributed by atoms with Crippen LogP contribution in [0.1, 0.15) is 18.1 Å². The zero-order chi connectivity index (χ0) is 12.3. The number of benzene rings is 1. The number of carboxylic acid groups (broad SMARTS) is 1. The Kier molecular flexibility index (Phi) is 3.49. The van der Waals surface area contributed by atoms with E-state index in [9.17, 15) is 4.79 Å². The molecule has 0 saturated heterocycles. The fourth-order valence-corrected chi connectivity index (χ4v) is 1.72. The van der Waals surface area contributed by atoms with Gasteiger partial charge in [0.2, 0.25) is 0 Å². The Morgan fingerprint density at radius 3 is 2.71 bits per heavy atom. The zero-order valence-electron chi connectivity index (χ0n) is 9.51. The van der Waals surface area contributed by atoms with Crippen molar-refractivity contribution < 1.29 is 24.1 Å². The van der Waals surface area contributed by atoms with E-state index in [4.69, 9.17) is 19.3 Å². The fourth-order valence-electron chi connectivity index (χ4n) is 1.72. The van der Waals surface area contributed by atoms with Crippen LogP contribution in [0.4, 0.5) is 0 Å². The molecule has 1 aliphatic heterocycles. The average Bonchev–Trinajstić information content (AvgIpc) is 2.54. The first kappa shape index (κ1) is 11.7. The monoisotopic (exact) mass is 238 g/mol. The minimum Gasteiger partial charge on any atom is -0.490 e. The highest BCUT2D eigenvalue weighted by Crippen LogP contribution is 2.33. The molecule has 0 saturated carbocycles. The van der Waals surface area contributed by atoms with Crippen LogP contribution >= 0.6 is 0 Å². The summed E-state index contributed by atoms with van der Waals surface area (Å²) < 4.78 is 15.9. The summed E-state index contributed by atoms with van der Waals surface area (Å²) in [6, 6.07) is 5.05. The minimum absolute atomic E-state index is 0.546. The predicted octanol–water partition coefficient (Wildman–Crippen LogP) is 1.62. The molecule has 1 aromatic carbocycles. The lowest BCUT2D eigenvalue weighted by Crippen LogP contribution is -2.13. The van der Waals surface area contributed by atoms with E-state index in [1.165, 1.54) is 7.11 Å². The van der Waals surface area contributed by atoms with Crippen molar-refractivity contribution in [3.63, 3.8) is 0 Å². The van der Waals surface area contributed by atoms with Crippen molar-refractivity contribution in [2.24, 2.45) is 0 Å². The van der Waals surface area contributed by atoms with Gasteiger partial charge in [-0.3, -0.25) is 0 Å². The maximum Gasteiger partial charge on any atom is 0.337 e. The standard InChI is InChI=1S/C12H14O5/c1-15-11(12(13)14)8-3-4-9-10(7-8)17-6-2-5-16-9/h3-4,7,11H,2,5-6H2,1H3,(H,13,14). The molecule has 5 nitrogen and oxygen atoms in total. The molecule has 17 heavy (non-hydrogen) atoms. The third kappa shape index (κ3) is 2.50. The molecule has 0 bridgehead atoms. The number of aliphatic carboxylic acids is 1. The summed E-state index contributed by atoms with van der Waals surface area (Å²) >= 11 is 0. The van der Waals surface area contributed by atoms with Crippen LogP contribution in [0.15, 0.2) is 18.2 Å². The number of methoxy groups -OCH3 is 1. The molecule has 0 spiro atoms.